The lowest BCUT2D eigenvalue weighted by molar-refractivity contribution is -0.790. The second-order valence-corrected chi connectivity index (χ2v) is 2.21. The molecule has 1 amide bonds. The van der Waals surface area contributed by atoms with E-state index in [1.807, 2.05) is 0 Å². The Morgan fingerprint density at radius 3 is 3.00 bits per heavy atom. The first-order valence-corrected chi connectivity index (χ1v) is 3.65. The van der Waals surface area contributed by atoms with E-state index in [0.29, 0.717) is 5.69 Å². The lowest BCUT2D eigenvalue weighted by Gasteiger charge is -1.99. The van der Waals surface area contributed by atoms with Gasteiger partial charge in [0, 0.05) is 6.92 Å². The Labute approximate surface area is 73.8 Å². The number of anilines is 1. The molecular weight excluding hydrogens is 178 g/mol. The van der Waals surface area contributed by atoms with Crippen molar-refractivity contribution in [3.05, 3.63) is 10.9 Å². The van der Waals surface area contributed by atoms with E-state index in [0.717, 1.165) is 0 Å². The molecule has 0 saturated heterocycles. The monoisotopic (exact) mass is 187 g/mol. The first kappa shape index (κ1) is 9.30. The topological polar surface area (TPSA) is 91.3 Å². The van der Waals surface area contributed by atoms with Crippen molar-refractivity contribution in [2.24, 2.45) is 0 Å². The average Bonchev–Trinajstić information content (AvgIpc) is 2.36. The van der Waals surface area contributed by atoms with E-state index in [1.54, 1.807) is 6.92 Å². The average molecular weight is 187 g/mol. The predicted molar refractivity (Wildman–Crippen MR) is 40.8 cm³/mol. The summed E-state index contributed by atoms with van der Waals surface area (Å²) >= 11 is 0. The van der Waals surface area contributed by atoms with Crippen molar-refractivity contribution in [1.82, 2.24) is 5.16 Å². The first-order chi connectivity index (χ1) is 6.15. The van der Waals surface area contributed by atoms with Gasteiger partial charge in [0.15, 0.2) is 0 Å². The molecule has 0 aliphatic rings. The first-order valence-electron chi connectivity index (χ1n) is 3.65. The minimum absolute atomic E-state index is 0.0570. The summed E-state index contributed by atoms with van der Waals surface area (Å²) in [6, 6.07) is 0. The van der Waals surface area contributed by atoms with E-state index in [2.05, 4.69) is 19.8 Å². The number of aromatic nitrogens is 2. The zero-order chi connectivity index (χ0) is 9.84. The van der Waals surface area contributed by atoms with Crippen molar-refractivity contribution in [3.63, 3.8) is 0 Å². The van der Waals surface area contributed by atoms with Gasteiger partial charge in [-0.1, -0.05) is 4.90 Å². The van der Waals surface area contributed by atoms with Gasteiger partial charge >= 0.3 is 11.9 Å². The summed E-state index contributed by atoms with van der Waals surface area (Å²) in [5, 5.41) is 16.3. The molecule has 1 N–H and O–H groups in total. The number of nitrogens with zero attached hydrogens (tertiary/aromatic N) is 2. The minimum Gasteiger partial charge on any atom is -0.438 e. The van der Waals surface area contributed by atoms with Gasteiger partial charge in [-0.25, -0.2) is 10.1 Å². The van der Waals surface area contributed by atoms with E-state index in [4.69, 9.17) is 0 Å². The Hall–Kier alpha value is -1.79. The van der Waals surface area contributed by atoms with E-state index in [-0.39, 0.29) is 17.3 Å². The molecule has 1 aromatic heterocycles. The van der Waals surface area contributed by atoms with Crippen LogP contribution in [0.3, 0.4) is 0 Å². The van der Waals surface area contributed by atoms with Gasteiger partial charge in [-0.15, -0.1) is 0 Å². The minimum atomic E-state index is -0.710. The van der Waals surface area contributed by atoms with Gasteiger partial charge in [-0.3, -0.25) is 0 Å². The molecule has 72 valence electrons. The maximum absolute atomic E-state index is 10.9. The Balaban J connectivity index is 2.68. The summed E-state index contributed by atoms with van der Waals surface area (Å²) in [5.74, 6) is -0.0570. The molecule has 0 saturated carbocycles. The molecule has 0 radical (unpaired) electrons. The zero-order valence-corrected chi connectivity index (χ0v) is 7.23. The molecule has 0 aromatic carbocycles. The van der Waals surface area contributed by atoms with Crippen LogP contribution in [0.15, 0.2) is 4.63 Å². The summed E-state index contributed by atoms with van der Waals surface area (Å²) < 4.78 is 8.77. The largest absolute Gasteiger partial charge is 0.474 e. The van der Waals surface area contributed by atoms with Crippen molar-refractivity contribution < 1.29 is 19.1 Å². The van der Waals surface area contributed by atoms with Crippen LogP contribution in [0.25, 0.3) is 0 Å². The summed E-state index contributed by atoms with van der Waals surface area (Å²) in [6.07, 6.45) is -0.710. The Bertz CT molecular complexity index is 289. The number of carbonyl (C=O) groups excluding carboxylic acids is 1. The molecule has 0 spiro atoms. The number of aryl methyl sites for hydroxylation is 1. The van der Waals surface area contributed by atoms with Crippen molar-refractivity contribution in [1.29, 1.82) is 0 Å². The number of hydrogen-bond acceptors (Lipinski definition) is 5. The smallest absolute Gasteiger partial charge is 0.438 e. The van der Waals surface area contributed by atoms with Crippen LogP contribution < -0.4 is 10.2 Å². The molecule has 7 nitrogen and oxygen atoms in total. The second kappa shape index (κ2) is 3.74. The third-order valence-corrected chi connectivity index (χ3v) is 1.27. The lowest BCUT2D eigenvalue weighted by Crippen LogP contribution is -2.30. The Morgan fingerprint density at radius 2 is 2.54 bits per heavy atom. The van der Waals surface area contributed by atoms with Crippen LogP contribution in [0.2, 0.25) is 0 Å². The van der Waals surface area contributed by atoms with Crippen LogP contribution in [-0.4, -0.2) is 17.9 Å². The van der Waals surface area contributed by atoms with Crippen LogP contribution in [0.4, 0.5) is 10.6 Å². The highest BCUT2D eigenvalue weighted by Gasteiger charge is 2.17. The van der Waals surface area contributed by atoms with Crippen LogP contribution in [-0.2, 0) is 4.74 Å². The van der Waals surface area contributed by atoms with Crippen LogP contribution in [0.5, 0.6) is 0 Å². The quantitative estimate of drug-likeness (QED) is 0.667. The maximum atomic E-state index is 10.9. The SMILES string of the molecule is CCOC(=O)Nc1c(C)no[n+]1[O-]. The normalized spacial score (nSPS) is 9.69. The van der Waals surface area contributed by atoms with Crippen molar-refractivity contribution >= 4 is 11.9 Å². The van der Waals surface area contributed by atoms with Crippen molar-refractivity contribution in [2.45, 2.75) is 13.8 Å². The van der Waals surface area contributed by atoms with Crippen molar-refractivity contribution in [2.75, 3.05) is 11.9 Å². The fourth-order valence-corrected chi connectivity index (χ4v) is 0.714. The molecule has 7 heteroatoms. The van der Waals surface area contributed by atoms with Crippen LogP contribution in [0, 0.1) is 12.1 Å². The summed E-state index contributed by atoms with van der Waals surface area (Å²) in [5.41, 5.74) is 0.294. The molecular formula is C6H9N3O4. The standard InChI is InChI=1S/C6H9N3O4/c1-3-12-6(10)7-5-4(2)8-13-9(5)11/h3H2,1-2H3,(H,7,10). The molecule has 1 aromatic rings. The fraction of sp³-hybridized carbons (Fsp3) is 0.500. The maximum Gasteiger partial charge on any atom is 0.474 e. The van der Waals surface area contributed by atoms with E-state index in [9.17, 15) is 10.0 Å². The number of amides is 1. The lowest BCUT2D eigenvalue weighted by atomic mass is 10.5. The van der Waals surface area contributed by atoms with Gasteiger partial charge in [0.1, 0.15) is 0 Å². The molecule has 0 unspecified atom stereocenters. The predicted octanol–water partition coefficient (Wildman–Crippen LogP) is 0.185. The molecule has 0 aliphatic heterocycles. The van der Waals surface area contributed by atoms with Gasteiger partial charge in [0.25, 0.3) is 0 Å². The number of rotatable bonds is 2. The third kappa shape index (κ3) is 2.08. The number of hydrogen-bond donors (Lipinski definition) is 1. The molecule has 0 aliphatic carbocycles. The highest BCUT2D eigenvalue weighted by molar-refractivity contribution is 5.82. The summed E-state index contributed by atoms with van der Waals surface area (Å²) in [4.78, 5) is 11.0. The molecule has 0 atom stereocenters. The second-order valence-electron chi connectivity index (χ2n) is 2.21. The third-order valence-electron chi connectivity index (χ3n) is 1.27. The van der Waals surface area contributed by atoms with Crippen LogP contribution >= 0.6 is 0 Å². The molecule has 1 heterocycles. The summed E-state index contributed by atoms with van der Waals surface area (Å²) in [7, 11) is 0. The van der Waals surface area contributed by atoms with Crippen molar-refractivity contribution in [3.8, 4) is 0 Å². The van der Waals surface area contributed by atoms with E-state index >= 15 is 0 Å². The number of ether oxygens (including phenoxy) is 1. The van der Waals surface area contributed by atoms with Crippen LogP contribution in [0.1, 0.15) is 12.6 Å². The van der Waals surface area contributed by atoms with Gasteiger partial charge in [0.05, 0.1) is 6.61 Å². The van der Waals surface area contributed by atoms with Gasteiger partial charge in [0.2, 0.25) is 5.69 Å². The number of carbonyl (C=O) groups is 1. The van der Waals surface area contributed by atoms with E-state index < -0.39 is 6.09 Å². The fourth-order valence-electron chi connectivity index (χ4n) is 0.714. The molecule has 0 fully saturated rings. The van der Waals surface area contributed by atoms with E-state index in [1.165, 1.54) is 6.92 Å². The zero-order valence-electron chi connectivity index (χ0n) is 7.23. The van der Waals surface area contributed by atoms with Gasteiger partial charge < -0.3 is 14.6 Å². The highest BCUT2D eigenvalue weighted by atomic mass is 16.8. The Kier molecular flexibility index (Phi) is 2.68. The molecule has 13 heavy (non-hydrogen) atoms. The Morgan fingerprint density at radius 1 is 1.85 bits per heavy atom. The number of nitrogens with one attached hydrogen (secondary N) is 1. The molecule has 1 rings (SSSR count). The summed E-state index contributed by atoms with van der Waals surface area (Å²) in [6.45, 7) is 3.42. The van der Waals surface area contributed by atoms with Gasteiger partial charge in [-0.05, 0) is 12.1 Å². The van der Waals surface area contributed by atoms with Gasteiger partial charge in [-0.2, -0.15) is 0 Å². The highest BCUT2D eigenvalue weighted by Crippen LogP contribution is 2.04. The molecule has 0 bridgehead atoms.